The summed E-state index contributed by atoms with van der Waals surface area (Å²) in [6.45, 7) is 1.88. The molecule has 0 spiro atoms. The molecule has 10 heavy (non-hydrogen) atoms. The Balaban J connectivity index is 3.05. The van der Waals surface area contributed by atoms with E-state index in [2.05, 4.69) is 10.1 Å². The molecule has 0 aliphatic heterocycles. The molecule has 0 aliphatic carbocycles. The zero-order valence-electron chi connectivity index (χ0n) is 5.94. The Hall–Kier alpha value is -1.32. The third kappa shape index (κ3) is 1.00. The Morgan fingerprint density at radius 2 is 2.50 bits per heavy atom. The molecule has 0 saturated heterocycles. The molecular formula is C6H9N3O. The van der Waals surface area contributed by atoms with Gasteiger partial charge in [0.05, 0.1) is 18.1 Å². The number of hydrogen-bond donors (Lipinski definition) is 1. The summed E-state index contributed by atoms with van der Waals surface area (Å²) in [7, 11) is 1.86. The van der Waals surface area contributed by atoms with Gasteiger partial charge in [-0.15, -0.1) is 0 Å². The molecule has 1 rings (SSSR count). The molecule has 0 saturated carbocycles. The van der Waals surface area contributed by atoms with E-state index < -0.39 is 0 Å². The standard InChI is InChI=1S/C6H9N3O/c1-5-7-3-6(4-8-10)9(5)2/h3-4,10H,1-2H3. The van der Waals surface area contributed by atoms with Gasteiger partial charge in [-0.25, -0.2) is 4.98 Å². The summed E-state index contributed by atoms with van der Waals surface area (Å²) < 4.78 is 1.83. The molecule has 0 bridgehead atoms. The second-order valence-corrected chi connectivity index (χ2v) is 2.03. The first-order valence-corrected chi connectivity index (χ1v) is 2.91. The molecular weight excluding hydrogens is 130 g/mol. The van der Waals surface area contributed by atoms with E-state index in [1.54, 1.807) is 6.20 Å². The molecule has 0 unspecified atom stereocenters. The van der Waals surface area contributed by atoms with Crippen LogP contribution in [0.3, 0.4) is 0 Å². The highest BCUT2D eigenvalue weighted by atomic mass is 16.4. The molecule has 0 aliphatic rings. The van der Waals surface area contributed by atoms with Crippen molar-refractivity contribution in [1.82, 2.24) is 9.55 Å². The Morgan fingerprint density at radius 1 is 1.80 bits per heavy atom. The van der Waals surface area contributed by atoms with Crippen molar-refractivity contribution in [1.29, 1.82) is 0 Å². The highest BCUT2D eigenvalue weighted by Gasteiger charge is 1.97. The minimum absolute atomic E-state index is 0.792. The van der Waals surface area contributed by atoms with Gasteiger partial charge in [-0.05, 0) is 6.92 Å². The van der Waals surface area contributed by atoms with Gasteiger partial charge < -0.3 is 9.77 Å². The zero-order chi connectivity index (χ0) is 7.56. The summed E-state index contributed by atoms with van der Waals surface area (Å²) >= 11 is 0. The number of hydrogen-bond acceptors (Lipinski definition) is 3. The Kier molecular flexibility index (Phi) is 1.71. The lowest BCUT2D eigenvalue weighted by Gasteiger charge is -1.94. The van der Waals surface area contributed by atoms with Crippen LogP contribution in [0, 0.1) is 6.92 Å². The minimum atomic E-state index is 0.792. The lowest BCUT2D eigenvalue weighted by atomic mass is 10.5. The van der Waals surface area contributed by atoms with Gasteiger partial charge in [-0.3, -0.25) is 0 Å². The molecule has 1 N–H and O–H groups in total. The Morgan fingerprint density at radius 3 is 2.90 bits per heavy atom. The molecule has 54 valence electrons. The Bertz CT molecular complexity index is 251. The average Bonchev–Trinajstić information content (AvgIpc) is 2.20. The minimum Gasteiger partial charge on any atom is -0.411 e. The number of rotatable bonds is 1. The van der Waals surface area contributed by atoms with E-state index >= 15 is 0 Å². The molecule has 1 aromatic heterocycles. The SMILES string of the molecule is Cc1ncc(C=NO)n1C. The van der Waals surface area contributed by atoms with Gasteiger partial charge in [-0.1, -0.05) is 5.16 Å². The van der Waals surface area contributed by atoms with Gasteiger partial charge in [0.15, 0.2) is 0 Å². The monoisotopic (exact) mass is 139 g/mol. The molecule has 0 fully saturated rings. The quantitative estimate of drug-likeness (QED) is 0.350. The number of imidazole rings is 1. The van der Waals surface area contributed by atoms with Gasteiger partial charge in [0, 0.05) is 7.05 Å². The zero-order valence-corrected chi connectivity index (χ0v) is 5.94. The first-order chi connectivity index (χ1) is 4.75. The van der Waals surface area contributed by atoms with Crippen molar-refractivity contribution in [3.8, 4) is 0 Å². The van der Waals surface area contributed by atoms with Crippen molar-refractivity contribution in [2.75, 3.05) is 0 Å². The molecule has 0 radical (unpaired) electrons. The second-order valence-electron chi connectivity index (χ2n) is 2.03. The van der Waals surface area contributed by atoms with E-state index in [9.17, 15) is 0 Å². The van der Waals surface area contributed by atoms with E-state index in [4.69, 9.17) is 5.21 Å². The van der Waals surface area contributed by atoms with E-state index in [0.29, 0.717) is 0 Å². The summed E-state index contributed by atoms with van der Waals surface area (Å²) in [6.07, 6.45) is 3.00. The van der Waals surface area contributed by atoms with Crippen molar-refractivity contribution in [3.63, 3.8) is 0 Å². The fraction of sp³-hybridized carbons (Fsp3) is 0.333. The Labute approximate surface area is 58.8 Å². The predicted octanol–water partition coefficient (Wildman–Crippen LogP) is 0.537. The molecule has 4 nitrogen and oxygen atoms in total. The maximum atomic E-state index is 8.18. The number of aryl methyl sites for hydroxylation is 1. The van der Waals surface area contributed by atoms with Crippen LogP contribution in [-0.4, -0.2) is 21.0 Å². The van der Waals surface area contributed by atoms with E-state index in [0.717, 1.165) is 11.5 Å². The van der Waals surface area contributed by atoms with Gasteiger partial charge in [0.2, 0.25) is 0 Å². The van der Waals surface area contributed by atoms with E-state index in [-0.39, 0.29) is 0 Å². The number of aromatic nitrogens is 2. The molecule has 1 aromatic rings. The molecule has 4 heteroatoms. The van der Waals surface area contributed by atoms with Crippen LogP contribution >= 0.6 is 0 Å². The topological polar surface area (TPSA) is 50.4 Å². The van der Waals surface area contributed by atoms with Crippen LogP contribution in [0.4, 0.5) is 0 Å². The lowest BCUT2D eigenvalue weighted by molar-refractivity contribution is 0.321. The van der Waals surface area contributed by atoms with Gasteiger partial charge in [0.25, 0.3) is 0 Å². The van der Waals surface area contributed by atoms with Crippen molar-refractivity contribution in [2.45, 2.75) is 6.92 Å². The van der Waals surface area contributed by atoms with Crippen LogP contribution in [0.2, 0.25) is 0 Å². The summed E-state index contributed by atoms with van der Waals surface area (Å²) in [5.41, 5.74) is 0.792. The molecule has 0 aromatic carbocycles. The van der Waals surface area contributed by atoms with Gasteiger partial charge in [0.1, 0.15) is 5.82 Å². The van der Waals surface area contributed by atoms with Crippen LogP contribution in [0.25, 0.3) is 0 Å². The second kappa shape index (κ2) is 2.51. The first kappa shape index (κ1) is 6.80. The molecule has 0 atom stereocenters. The van der Waals surface area contributed by atoms with Crippen molar-refractivity contribution >= 4 is 6.21 Å². The maximum Gasteiger partial charge on any atom is 0.105 e. The number of nitrogens with zero attached hydrogens (tertiary/aromatic N) is 3. The molecule has 1 heterocycles. The highest BCUT2D eigenvalue weighted by molar-refractivity contribution is 5.76. The van der Waals surface area contributed by atoms with Crippen LogP contribution in [0.5, 0.6) is 0 Å². The smallest absolute Gasteiger partial charge is 0.105 e. The van der Waals surface area contributed by atoms with Crippen molar-refractivity contribution in [2.24, 2.45) is 12.2 Å². The summed E-state index contributed by atoms with van der Waals surface area (Å²) in [5, 5.41) is 11.1. The predicted molar refractivity (Wildman–Crippen MR) is 37.3 cm³/mol. The highest BCUT2D eigenvalue weighted by Crippen LogP contribution is 1.97. The van der Waals surface area contributed by atoms with Crippen LogP contribution < -0.4 is 0 Å². The van der Waals surface area contributed by atoms with E-state index in [1.807, 2.05) is 18.5 Å². The fourth-order valence-corrected chi connectivity index (χ4v) is 0.699. The maximum absolute atomic E-state index is 8.18. The van der Waals surface area contributed by atoms with E-state index in [1.165, 1.54) is 6.21 Å². The fourth-order valence-electron chi connectivity index (χ4n) is 0.699. The summed E-state index contributed by atoms with van der Waals surface area (Å²) in [5.74, 6) is 0.898. The van der Waals surface area contributed by atoms with Crippen LogP contribution in [0.1, 0.15) is 11.5 Å². The van der Waals surface area contributed by atoms with Gasteiger partial charge in [-0.2, -0.15) is 0 Å². The van der Waals surface area contributed by atoms with Crippen LogP contribution in [0.15, 0.2) is 11.4 Å². The third-order valence-corrected chi connectivity index (χ3v) is 1.45. The van der Waals surface area contributed by atoms with Gasteiger partial charge >= 0.3 is 0 Å². The largest absolute Gasteiger partial charge is 0.411 e. The first-order valence-electron chi connectivity index (χ1n) is 2.91. The van der Waals surface area contributed by atoms with Crippen molar-refractivity contribution < 1.29 is 5.21 Å². The molecule has 0 amide bonds. The average molecular weight is 139 g/mol. The van der Waals surface area contributed by atoms with Crippen molar-refractivity contribution in [3.05, 3.63) is 17.7 Å². The summed E-state index contributed by atoms with van der Waals surface area (Å²) in [6, 6.07) is 0. The normalized spacial score (nSPS) is 11.0. The lowest BCUT2D eigenvalue weighted by Crippen LogP contribution is -1.96. The summed E-state index contributed by atoms with van der Waals surface area (Å²) in [4.78, 5) is 4.00. The third-order valence-electron chi connectivity index (χ3n) is 1.45. The number of oxime groups is 1. The van der Waals surface area contributed by atoms with Crippen LogP contribution in [-0.2, 0) is 7.05 Å².